The third kappa shape index (κ3) is 14.4. The van der Waals surface area contributed by atoms with Crippen LogP contribution in [0.15, 0.2) is 30.3 Å². The fraction of sp³-hybridized carbons (Fsp3) is 0.667. The van der Waals surface area contributed by atoms with E-state index in [2.05, 4.69) is 32.4 Å². The van der Waals surface area contributed by atoms with E-state index >= 15 is 0 Å². The van der Waals surface area contributed by atoms with E-state index < -0.39 is 24.2 Å². The van der Waals surface area contributed by atoms with Crippen molar-refractivity contribution in [1.82, 2.24) is 0 Å². The highest BCUT2D eigenvalue weighted by Crippen LogP contribution is 2.35. The third-order valence-corrected chi connectivity index (χ3v) is 6.69. The van der Waals surface area contributed by atoms with Crippen LogP contribution in [-0.4, -0.2) is 37.9 Å². The highest BCUT2D eigenvalue weighted by Gasteiger charge is 2.37. The summed E-state index contributed by atoms with van der Waals surface area (Å²) < 4.78 is 51.6. The van der Waals surface area contributed by atoms with E-state index in [1.807, 2.05) is 6.92 Å². The molecule has 0 aromatic heterocycles. The van der Waals surface area contributed by atoms with Gasteiger partial charge in [-0.25, -0.2) is 4.79 Å². The van der Waals surface area contributed by atoms with Gasteiger partial charge in [0.1, 0.15) is 5.75 Å². The van der Waals surface area contributed by atoms with Gasteiger partial charge >= 0.3 is 18.1 Å². The summed E-state index contributed by atoms with van der Waals surface area (Å²) in [5.41, 5.74) is 0.228. The number of esters is 2. The van der Waals surface area contributed by atoms with Crippen LogP contribution < -0.4 is 4.74 Å². The molecule has 0 bridgehead atoms. The van der Waals surface area contributed by atoms with Crippen molar-refractivity contribution in [3.8, 4) is 5.75 Å². The number of hydrogen-bond donors (Lipinski definition) is 0. The van der Waals surface area contributed by atoms with Crippen LogP contribution >= 0.6 is 0 Å². The first-order valence-corrected chi connectivity index (χ1v) is 13.6. The van der Waals surface area contributed by atoms with Crippen molar-refractivity contribution in [2.45, 2.75) is 92.2 Å². The number of carbonyl (C=O) groups is 2. The Labute approximate surface area is 226 Å². The average Bonchev–Trinajstić information content (AvgIpc) is 2.85. The van der Waals surface area contributed by atoms with Gasteiger partial charge in [-0.3, -0.25) is 4.79 Å². The Balaban J connectivity index is 2.15. The van der Waals surface area contributed by atoms with Gasteiger partial charge < -0.3 is 14.2 Å². The quantitative estimate of drug-likeness (QED) is 0.106. The molecule has 0 aliphatic rings. The molecule has 0 heterocycles. The summed E-state index contributed by atoms with van der Waals surface area (Å²) in [4.78, 5) is 24.0. The van der Waals surface area contributed by atoms with Gasteiger partial charge in [0.2, 0.25) is 0 Å². The number of alkyl halides is 3. The summed E-state index contributed by atoms with van der Waals surface area (Å²) in [5, 5.41) is 0. The third-order valence-electron chi connectivity index (χ3n) is 6.69. The molecule has 0 aliphatic heterocycles. The average molecular weight is 543 g/mol. The van der Waals surface area contributed by atoms with Crippen LogP contribution in [0.1, 0.15) is 91.5 Å². The smallest absolute Gasteiger partial charge is 0.422 e. The lowest BCUT2D eigenvalue weighted by molar-refractivity contribution is -0.182. The van der Waals surface area contributed by atoms with E-state index in [1.165, 1.54) is 6.08 Å². The van der Waals surface area contributed by atoms with E-state index in [0.717, 1.165) is 57.4 Å². The minimum atomic E-state index is -4.54. The lowest BCUT2D eigenvalue weighted by atomic mass is 9.74. The number of ether oxygens (including phenoxy) is 3. The fourth-order valence-corrected chi connectivity index (χ4v) is 3.69. The van der Waals surface area contributed by atoms with Gasteiger partial charge in [-0.15, -0.1) is 0 Å². The normalized spacial score (nSPS) is 13.6. The van der Waals surface area contributed by atoms with Gasteiger partial charge in [-0.1, -0.05) is 65.5 Å². The standard InChI is InChI=1S/C30H45F3O5/c1-23(2)18-19-29(5,24(3)4)28(35)37-21-11-9-7-6-8-10-20-36-26-15-12-25(13-16-26)14-17-27(34)38-22-30(31,32)33/h12-17,23-24H,6-11,18-22H2,1-5H3/b17-14+. The van der Waals surface area contributed by atoms with Crippen molar-refractivity contribution < 1.29 is 37.0 Å². The molecule has 0 aliphatic carbocycles. The second-order valence-corrected chi connectivity index (χ2v) is 10.7. The van der Waals surface area contributed by atoms with Crippen LogP contribution in [0.25, 0.3) is 6.08 Å². The molecule has 8 heteroatoms. The van der Waals surface area contributed by atoms with Gasteiger partial charge in [-0.05, 0) is 68.2 Å². The predicted octanol–water partition coefficient (Wildman–Crippen LogP) is 8.17. The molecule has 1 unspecified atom stereocenters. The topological polar surface area (TPSA) is 61.8 Å². The first kappa shape index (κ1) is 33.5. The highest BCUT2D eigenvalue weighted by atomic mass is 19.4. The number of benzene rings is 1. The minimum Gasteiger partial charge on any atom is -0.494 e. The van der Waals surface area contributed by atoms with E-state index in [1.54, 1.807) is 24.3 Å². The SMILES string of the molecule is CC(C)CCC(C)(C(=O)OCCCCCCCCOc1ccc(/C=C/C(=O)OCC(F)(F)F)cc1)C(C)C. The zero-order valence-electron chi connectivity index (χ0n) is 23.6. The summed E-state index contributed by atoms with van der Waals surface area (Å²) in [6.45, 7) is 10.0. The fourth-order valence-electron chi connectivity index (χ4n) is 3.69. The molecule has 0 spiro atoms. The largest absolute Gasteiger partial charge is 0.494 e. The summed E-state index contributed by atoms with van der Waals surface area (Å²) in [6.07, 6.45) is 5.72. The van der Waals surface area contributed by atoms with E-state index in [0.29, 0.717) is 30.4 Å². The molecule has 0 amide bonds. The second kappa shape index (κ2) is 17.2. The molecule has 38 heavy (non-hydrogen) atoms. The number of unbranched alkanes of at least 4 members (excludes halogenated alkanes) is 5. The van der Waals surface area contributed by atoms with E-state index in [-0.39, 0.29) is 11.9 Å². The molecule has 0 saturated carbocycles. The Bertz CT molecular complexity index is 846. The van der Waals surface area contributed by atoms with Crippen LogP contribution in [0, 0.1) is 17.3 Å². The molecular formula is C30H45F3O5. The highest BCUT2D eigenvalue weighted by molar-refractivity contribution is 5.87. The van der Waals surface area contributed by atoms with Gasteiger partial charge in [0.15, 0.2) is 6.61 Å². The first-order valence-electron chi connectivity index (χ1n) is 13.6. The van der Waals surface area contributed by atoms with Crippen LogP contribution in [0.4, 0.5) is 13.2 Å². The van der Waals surface area contributed by atoms with Crippen LogP contribution in [-0.2, 0) is 19.1 Å². The lowest BCUT2D eigenvalue weighted by Crippen LogP contribution is -2.35. The van der Waals surface area contributed by atoms with Crippen LogP contribution in [0.5, 0.6) is 5.75 Å². The molecule has 0 N–H and O–H groups in total. The Kier molecular flexibility index (Phi) is 15.1. The maximum atomic E-state index is 12.7. The summed E-state index contributed by atoms with van der Waals surface area (Å²) in [6, 6.07) is 6.91. The maximum Gasteiger partial charge on any atom is 0.422 e. The van der Waals surface area contributed by atoms with Crippen molar-refractivity contribution in [2.75, 3.05) is 19.8 Å². The van der Waals surface area contributed by atoms with E-state index in [9.17, 15) is 22.8 Å². The second-order valence-electron chi connectivity index (χ2n) is 10.7. The van der Waals surface area contributed by atoms with Gasteiger partial charge in [0.25, 0.3) is 0 Å². The minimum absolute atomic E-state index is 0.0715. The van der Waals surface area contributed by atoms with Crippen LogP contribution in [0.2, 0.25) is 0 Å². The molecule has 216 valence electrons. The number of carbonyl (C=O) groups excluding carboxylic acids is 2. The van der Waals surface area contributed by atoms with Gasteiger partial charge in [-0.2, -0.15) is 13.2 Å². The number of halogens is 3. The molecule has 0 saturated heterocycles. The number of hydrogen-bond acceptors (Lipinski definition) is 5. The maximum absolute atomic E-state index is 12.7. The molecule has 0 fully saturated rings. The summed E-state index contributed by atoms with van der Waals surface area (Å²) in [5.74, 6) is 0.381. The molecular weight excluding hydrogens is 497 g/mol. The van der Waals surface area contributed by atoms with Crippen molar-refractivity contribution in [1.29, 1.82) is 0 Å². The van der Waals surface area contributed by atoms with Crippen molar-refractivity contribution in [2.24, 2.45) is 17.3 Å². The van der Waals surface area contributed by atoms with Gasteiger partial charge in [0, 0.05) is 6.08 Å². The Morgan fingerprint density at radius 2 is 1.45 bits per heavy atom. The zero-order chi connectivity index (χ0) is 28.6. The zero-order valence-corrected chi connectivity index (χ0v) is 23.6. The molecule has 1 aromatic carbocycles. The Morgan fingerprint density at radius 1 is 0.868 bits per heavy atom. The summed E-state index contributed by atoms with van der Waals surface area (Å²) >= 11 is 0. The Morgan fingerprint density at radius 3 is 2.00 bits per heavy atom. The van der Waals surface area contributed by atoms with Crippen molar-refractivity contribution >= 4 is 18.0 Å². The summed E-state index contributed by atoms with van der Waals surface area (Å²) in [7, 11) is 0. The molecule has 1 aromatic rings. The lowest BCUT2D eigenvalue weighted by Gasteiger charge is -2.32. The van der Waals surface area contributed by atoms with Crippen molar-refractivity contribution in [3.63, 3.8) is 0 Å². The van der Waals surface area contributed by atoms with Gasteiger partial charge in [0.05, 0.1) is 18.6 Å². The van der Waals surface area contributed by atoms with E-state index in [4.69, 9.17) is 9.47 Å². The Hall–Kier alpha value is -2.51. The monoisotopic (exact) mass is 542 g/mol. The first-order chi connectivity index (χ1) is 17.8. The van der Waals surface area contributed by atoms with Crippen molar-refractivity contribution in [3.05, 3.63) is 35.9 Å². The molecule has 1 rings (SSSR count). The molecule has 5 nitrogen and oxygen atoms in total. The molecule has 1 atom stereocenters. The predicted molar refractivity (Wildman–Crippen MR) is 144 cm³/mol. The van der Waals surface area contributed by atoms with Crippen LogP contribution in [0.3, 0.4) is 0 Å². The number of rotatable bonds is 18. The molecule has 0 radical (unpaired) electrons.